The van der Waals surface area contributed by atoms with Crippen molar-refractivity contribution < 1.29 is 33.7 Å². The largest absolute Gasteiger partial charge is 0.543 e. The Labute approximate surface area is 236 Å². The van der Waals surface area contributed by atoms with Gasteiger partial charge < -0.3 is 31.2 Å². The van der Waals surface area contributed by atoms with Gasteiger partial charge in [0.15, 0.2) is 23.7 Å². The number of fused-ring (bicyclic) bond motifs is 1. The summed E-state index contributed by atoms with van der Waals surface area (Å²) in [5.41, 5.74) is 5.35. The SMILES string of the molecule is CCN(CC)c1c[n+](CC2=C(C(=O)[O-])N3C(=O)C(NC(=O)C(=NOC(=O)NC)c4nsc(N)n4)[C@@H]3SC2)ccn1. The molecule has 212 valence electrons. The average molecular weight is 591 g/mol. The van der Waals surface area contributed by atoms with Crippen LogP contribution < -0.4 is 30.9 Å². The van der Waals surface area contributed by atoms with Crippen molar-refractivity contribution in [3.05, 3.63) is 35.7 Å². The predicted octanol–water partition coefficient (Wildman–Crippen LogP) is -2.19. The zero-order valence-electron chi connectivity index (χ0n) is 21.7. The zero-order valence-corrected chi connectivity index (χ0v) is 23.3. The Morgan fingerprint density at radius 1 is 1.35 bits per heavy atom. The smallest absolute Gasteiger partial charge is 0.433 e. The van der Waals surface area contributed by atoms with Gasteiger partial charge in [0.05, 0.1) is 17.9 Å². The number of carbonyl (C=O) groups is 4. The van der Waals surface area contributed by atoms with Gasteiger partial charge in [-0.25, -0.2) is 9.78 Å². The maximum Gasteiger partial charge on any atom is 0.433 e. The van der Waals surface area contributed by atoms with Gasteiger partial charge in [0.2, 0.25) is 17.7 Å². The molecule has 0 aromatic carbocycles. The first-order valence-electron chi connectivity index (χ1n) is 12.0. The summed E-state index contributed by atoms with van der Waals surface area (Å²) in [6.45, 7) is 5.72. The van der Waals surface area contributed by atoms with E-state index in [1.54, 1.807) is 17.0 Å². The molecular weight excluding hydrogens is 564 g/mol. The van der Waals surface area contributed by atoms with Crippen molar-refractivity contribution in [3.63, 3.8) is 0 Å². The Balaban J connectivity index is 1.54. The van der Waals surface area contributed by atoms with Crippen LogP contribution >= 0.6 is 23.3 Å². The standard InChI is InChI=1S/C22H26N10O6S2/c1-4-31(5-2)12-9-30(7-6-25-12)8-11-10-39-19-14(18(34)32(19)15(11)20(35)36)26-17(33)13(28-38-22(37)24-3)16-27-21(23)40-29-16/h6-7,9,14,19H,4-5,8,10H2,1-3H3,(H4-,23,24,26,27,29,33,35,36,37)/t14?,19-/m0/s1. The number of carbonyl (C=O) groups excluding carboxylic acids is 4. The van der Waals surface area contributed by atoms with Gasteiger partial charge in [-0.3, -0.25) is 19.3 Å². The van der Waals surface area contributed by atoms with Crippen LogP contribution in [0.4, 0.5) is 15.7 Å². The maximum absolute atomic E-state index is 13.1. The predicted molar refractivity (Wildman–Crippen MR) is 141 cm³/mol. The molecule has 2 atom stereocenters. The molecule has 1 saturated heterocycles. The number of nitrogens with zero attached hydrogens (tertiary/aromatic N) is 7. The van der Waals surface area contributed by atoms with E-state index >= 15 is 0 Å². The first-order valence-corrected chi connectivity index (χ1v) is 13.9. The quantitative estimate of drug-likeness (QED) is 0.0885. The van der Waals surface area contributed by atoms with Crippen molar-refractivity contribution in [1.29, 1.82) is 0 Å². The van der Waals surface area contributed by atoms with E-state index in [4.69, 9.17) is 5.73 Å². The number of nitrogens with one attached hydrogen (secondary N) is 2. The van der Waals surface area contributed by atoms with Crippen molar-refractivity contribution >= 4 is 63.8 Å². The number of hydrogen-bond acceptors (Lipinski definition) is 14. The lowest BCUT2D eigenvalue weighted by molar-refractivity contribution is -0.688. The molecule has 16 nitrogen and oxygen atoms in total. The molecular formula is C22H26N10O6S2. The Bertz CT molecular complexity index is 1390. The van der Waals surface area contributed by atoms with Crippen molar-refractivity contribution in [3.8, 4) is 0 Å². The van der Waals surface area contributed by atoms with Crippen LogP contribution in [0.15, 0.2) is 35.0 Å². The van der Waals surface area contributed by atoms with E-state index in [2.05, 4.69) is 39.9 Å². The lowest BCUT2D eigenvalue weighted by atomic mass is 10.0. The summed E-state index contributed by atoms with van der Waals surface area (Å²) in [5.74, 6) is -2.27. The number of rotatable bonds is 10. The number of aliphatic carboxylic acids is 1. The number of nitrogens with two attached hydrogens (primary N) is 1. The fourth-order valence-corrected chi connectivity index (χ4v) is 5.87. The van der Waals surface area contributed by atoms with Crippen LogP contribution in [0.25, 0.3) is 0 Å². The van der Waals surface area contributed by atoms with Crippen LogP contribution in [-0.2, 0) is 25.8 Å². The minimum absolute atomic E-state index is 0.0386. The highest BCUT2D eigenvalue weighted by Gasteiger charge is 2.53. The first kappa shape index (κ1) is 28.7. The van der Waals surface area contributed by atoms with Crippen LogP contribution in [0.1, 0.15) is 19.7 Å². The van der Waals surface area contributed by atoms with Gasteiger partial charge in [-0.2, -0.15) is 13.9 Å². The second-order valence-electron chi connectivity index (χ2n) is 8.38. The summed E-state index contributed by atoms with van der Waals surface area (Å²) in [6, 6.07) is -1.09. The Morgan fingerprint density at radius 3 is 2.73 bits per heavy atom. The minimum atomic E-state index is -1.50. The molecule has 4 rings (SSSR count). The monoisotopic (exact) mass is 590 g/mol. The van der Waals surface area contributed by atoms with Gasteiger partial charge >= 0.3 is 6.09 Å². The summed E-state index contributed by atoms with van der Waals surface area (Å²) in [7, 11) is 1.30. The van der Waals surface area contributed by atoms with Gasteiger partial charge in [-0.1, -0.05) is 5.16 Å². The van der Waals surface area contributed by atoms with Crippen LogP contribution in [0, 0.1) is 0 Å². The van der Waals surface area contributed by atoms with Gasteiger partial charge in [-0.05, 0) is 13.8 Å². The second-order valence-corrected chi connectivity index (χ2v) is 10.3. The van der Waals surface area contributed by atoms with Gasteiger partial charge in [0.25, 0.3) is 11.8 Å². The summed E-state index contributed by atoms with van der Waals surface area (Å²) in [5, 5.41) is 19.7. The van der Waals surface area contributed by atoms with E-state index in [0.29, 0.717) is 5.57 Å². The third-order valence-corrected chi connectivity index (χ3v) is 7.91. The number of carboxylic acid groups (broad SMARTS) is 1. The van der Waals surface area contributed by atoms with E-state index in [1.807, 2.05) is 20.0 Å². The number of anilines is 2. The van der Waals surface area contributed by atoms with E-state index in [0.717, 1.165) is 35.3 Å². The molecule has 0 radical (unpaired) electrons. The average Bonchev–Trinajstić information content (AvgIpc) is 3.37. The summed E-state index contributed by atoms with van der Waals surface area (Å²) in [6.07, 6.45) is 4.20. The molecule has 4 heterocycles. The second kappa shape index (κ2) is 12.2. The molecule has 4 N–H and O–H groups in total. The number of thioether (sulfide) groups is 1. The number of aromatic nitrogens is 4. The summed E-state index contributed by atoms with van der Waals surface area (Å²) >= 11 is 2.08. The molecule has 0 spiro atoms. The van der Waals surface area contributed by atoms with E-state index < -0.39 is 41.0 Å². The lowest BCUT2D eigenvalue weighted by Crippen LogP contribution is -2.71. The normalized spacial score (nSPS) is 18.5. The van der Waals surface area contributed by atoms with Crippen molar-refractivity contribution in [2.45, 2.75) is 31.8 Å². The number of β-lactam (4-membered cyclic amide) rings is 1. The molecule has 2 aliphatic heterocycles. The maximum atomic E-state index is 13.1. The molecule has 0 saturated carbocycles. The van der Waals surface area contributed by atoms with E-state index in [1.165, 1.54) is 18.8 Å². The number of carboxylic acids is 1. The molecule has 2 aromatic rings. The van der Waals surface area contributed by atoms with Crippen molar-refractivity contribution in [2.24, 2.45) is 5.16 Å². The number of hydrogen-bond donors (Lipinski definition) is 3. The molecule has 0 aliphatic carbocycles. The third-order valence-electron chi connectivity index (χ3n) is 6.03. The molecule has 2 aromatic heterocycles. The van der Waals surface area contributed by atoms with E-state index in [9.17, 15) is 24.3 Å². The number of amides is 3. The van der Waals surface area contributed by atoms with Crippen LogP contribution in [0.2, 0.25) is 0 Å². The topological polar surface area (TPSA) is 212 Å². The van der Waals surface area contributed by atoms with Gasteiger partial charge in [-0.15, -0.1) is 11.8 Å². The Morgan fingerprint density at radius 2 is 2.10 bits per heavy atom. The minimum Gasteiger partial charge on any atom is -0.543 e. The van der Waals surface area contributed by atoms with E-state index in [-0.39, 0.29) is 29.0 Å². The molecule has 0 bridgehead atoms. The lowest BCUT2D eigenvalue weighted by Gasteiger charge is -2.50. The molecule has 40 heavy (non-hydrogen) atoms. The van der Waals surface area contributed by atoms with Crippen LogP contribution in [0.3, 0.4) is 0 Å². The van der Waals surface area contributed by atoms with Crippen LogP contribution in [0.5, 0.6) is 0 Å². The third kappa shape index (κ3) is 5.81. The molecule has 18 heteroatoms. The Hall–Kier alpha value is -4.32. The first-order chi connectivity index (χ1) is 19.2. The summed E-state index contributed by atoms with van der Waals surface area (Å²) in [4.78, 5) is 65.8. The molecule has 1 fully saturated rings. The highest BCUT2D eigenvalue weighted by molar-refractivity contribution is 8.00. The number of oxime groups is 1. The molecule has 3 amide bonds. The summed E-state index contributed by atoms with van der Waals surface area (Å²) < 4.78 is 5.70. The fourth-order valence-electron chi connectivity index (χ4n) is 4.10. The molecule has 2 aliphatic rings. The Kier molecular flexibility index (Phi) is 8.78. The zero-order chi connectivity index (χ0) is 29.0. The van der Waals surface area contributed by atoms with Crippen LogP contribution in [-0.4, -0.2) is 86.1 Å². The highest BCUT2D eigenvalue weighted by atomic mass is 32.2. The van der Waals surface area contributed by atoms with Gasteiger partial charge in [0.1, 0.15) is 11.4 Å². The number of nitrogen functional groups attached to an aromatic ring is 1. The highest BCUT2D eigenvalue weighted by Crippen LogP contribution is 2.40. The fraction of sp³-hybridized carbons (Fsp3) is 0.409. The van der Waals surface area contributed by atoms with Gasteiger partial charge in [0, 0.05) is 43.0 Å². The van der Waals surface area contributed by atoms with Crippen molar-refractivity contribution in [1.82, 2.24) is 29.9 Å². The molecule has 1 unspecified atom stereocenters. The van der Waals surface area contributed by atoms with Crippen molar-refractivity contribution in [2.75, 3.05) is 36.5 Å².